The van der Waals surface area contributed by atoms with Gasteiger partial charge in [0.1, 0.15) is 0 Å². The molecule has 4 aromatic rings. The molecule has 1 aromatic heterocycles. The largest absolute Gasteiger partial charge is 0.416 e. The molecule has 1 atom stereocenters. The van der Waals surface area contributed by atoms with Crippen LogP contribution in [0.2, 0.25) is 0 Å². The van der Waals surface area contributed by atoms with Crippen LogP contribution in [0.5, 0.6) is 0 Å². The van der Waals surface area contributed by atoms with E-state index in [1.54, 1.807) is 42.5 Å². The van der Waals surface area contributed by atoms with Crippen LogP contribution in [0.3, 0.4) is 0 Å². The molecule has 7 nitrogen and oxygen atoms in total. The highest BCUT2D eigenvalue weighted by Crippen LogP contribution is 2.32. The quantitative estimate of drug-likeness (QED) is 0.222. The number of amides is 1. The third-order valence-corrected chi connectivity index (χ3v) is 7.14. The summed E-state index contributed by atoms with van der Waals surface area (Å²) >= 11 is 5.62. The molecule has 0 saturated carbocycles. The molecule has 1 amide bonds. The van der Waals surface area contributed by atoms with Crippen molar-refractivity contribution in [3.8, 4) is 6.07 Å². The van der Waals surface area contributed by atoms with Crippen molar-refractivity contribution in [2.75, 3.05) is 6.54 Å². The van der Waals surface area contributed by atoms with E-state index < -0.39 is 17.8 Å². The molecule has 0 bridgehead atoms. The van der Waals surface area contributed by atoms with Crippen molar-refractivity contribution >= 4 is 23.2 Å². The van der Waals surface area contributed by atoms with Gasteiger partial charge in [0, 0.05) is 44.1 Å². The number of benzene rings is 3. The molecule has 0 aliphatic carbocycles. The standard InChI is InChI=1S/C32H31F3N6OS/c1-23(39-30(42)15-28-18-37-22-41(28)20-26-13-11-24(16-36)12-14-26)19-40(31(43)38-17-25-7-3-2-4-8-25)21-27-9-5-6-10-29(27)32(33,34)35/h2-14,18,22-23H,15,17,19-21H2,1H3,(H,38,43)(H,39,42)/t23-/m0/s1. The summed E-state index contributed by atoms with van der Waals surface area (Å²) in [7, 11) is 0. The number of alkyl halides is 3. The van der Waals surface area contributed by atoms with Crippen molar-refractivity contribution in [3.63, 3.8) is 0 Å². The van der Waals surface area contributed by atoms with Crippen molar-refractivity contribution in [1.29, 1.82) is 5.26 Å². The van der Waals surface area contributed by atoms with Gasteiger partial charge in [0.2, 0.25) is 5.91 Å². The number of carbonyl (C=O) groups is 1. The zero-order chi connectivity index (χ0) is 30.8. The Morgan fingerprint density at radius 2 is 1.74 bits per heavy atom. The molecule has 4 rings (SSSR count). The lowest BCUT2D eigenvalue weighted by Gasteiger charge is -2.30. The number of nitriles is 1. The van der Waals surface area contributed by atoms with Gasteiger partial charge in [-0.1, -0.05) is 60.7 Å². The van der Waals surface area contributed by atoms with Crippen LogP contribution in [0.15, 0.2) is 91.4 Å². The maximum Gasteiger partial charge on any atom is 0.416 e. The highest BCUT2D eigenvalue weighted by atomic mass is 32.1. The Balaban J connectivity index is 1.42. The summed E-state index contributed by atoms with van der Waals surface area (Å²) in [5.41, 5.74) is 2.55. The lowest BCUT2D eigenvalue weighted by atomic mass is 10.1. The smallest absolute Gasteiger partial charge is 0.358 e. The van der Waals surface area contributed by atoms with Crippen LogP contribution < -0.4 is 10.6 Å². The highest BCUT2D eigenvalue weighted by molar-refractivity contribution is 7.80. The minimum Gasteiger partial charge on any atom is -0.358 e. The average molecular weight is 605 g/mol. The Kier molecular flexibility index (Phi) is 10.5. The van der Waals surface area contributed by atoms with E-state index in [-0.39, 0.29) is 36.1 Å². The molecule has 222 valence electrons. The second-order valence-corrected chi connectivity index (χ2v) is 10.5. The summed E-state index contributed by atoms with van der Waals surface area (Å²) in [5, 5.41) is 15.4. The summed E-state index contributed by atoms with van der Waals surface area (Å²) in [6.07, 6.45) is -1.19. The molecule has 0 aliphatic heterocycles. The third-order valence-electron chi connectivity index (χ3n) is 6.74. The zero-order valence-corrected chi connectivity index (χ0v) is 24.3. The van der Waals surface area contributed by atoms with Gasteiger partial charge in [-0.25, -0.2) is 4.98 Å². The molecule has 0 fully saturated rings. The fourth-order valence-electron chi connectivity index (χ4n) is 4.63. The van der Waals surface area contributed by atoms with E-state index >= 15 is 0 Å². The van der Waals surface area contributed by atoms with Gasteiger partial charge < -0.3 is 20.1 Å². The predicted octanol–water partition coefficient (Wildman–Crippen LogP) is 5.45. The fourth-order valence-corrected chi connectivity index (χ4v) is 4.84. The van der Waals surface area contributed by atoms with Crippen LogP contribution in [-0.4, -0.2) is 38.1 Å². The Morgan fingerprint density at radius 1 is 1.05 bits per heavy atom. The number of aromatic nitrogens is 2. The van der Waals surface area contributed by atoms with Crippen molar-refractivity contribution in [1.82, 2.24) is 25.1 Å². The minimum absolute atomic E-state index is 0.0637. The van der Waals surface area contributed by atoms with Crippen molar-refractivity contribution in [3.05, 3.63) is 125 Å². The number of hydrogen-bond acceptors (Lipinski definition) is 4. The molecule has 2 N–H and O–H groups in total. The molecular formula is C32H31F3N6OS. The summed E-state index contributed by atoms with van der Waals surface area (Å²) in [5.74, 6) is -0.257. The molecule has 3 aromatic carbocycles. The molecule has 43 heavy (non-hydrogen) atoms. The van der Waals surface area contributed by atoms with Crippen molar-refractivity contribution < 1.29 is 18.0 Å². The third kappa shape index (κ3) is 9.15. The lowest BCUT2D eigenvalue weighted by Crippen LogP contribution is -2.47. The van der Waals surface area contributed by atoms with Crippen LogP contribution in [-0.2, 0) is 37.0 Å². The first kappa shape index (κ1) is 31.3. The van der Waals surface area contributed by atoms with E-state index in [4.69, 9.17) is 17.5 Å². The average Bonchev–Trinajstić information content (AvgIpc) is 3.42. The van der Waals surface area contributed by atoms with Gasteiger partial charge in [0.25, 0.3) is 0 Å². The maximum absolute atomic E-state index is 13.7. The van der Waals surface area contributed by atoms with Crippen LogP contribution in [0.1, 0.15) is 40.4 Å². The van der Waals surface area contributed by atoms with E-state index in [2.05, 4.69) is 21.7 Å². The van der Waals surface area contributed by atoms with Gasteiger partial charge in [-0.2, -0.15) is 18.4 Å². The van der Waals surface area contributed by atoms with Crippen LogP contribution in [0, 0.1) is 11.3 Å². The molecule has 0 radical (unpaired) electrons. The normalized spacial score (nSPS) is 11.8. The van der Waals surface area contributed by atoms with Crippen LogP contribution in [0.4, 0.5) is 13.2 Å². The second-order valence-electron chi connectivity index (χ2n) is 10.1. The van der Waals surface area contributed by atoms with Crippen molar-refractivity contribution in [2.45, 2.75) is 45.2 Å². The Morgan fingerprint density at radius 3 is 2.44 bits per heavy atom. The first-order chi connectivity index (χ1) is 20.6. The van der Waals surface area contributed by atoms with Gasteiger partial charge in [0.15, 0.2) is 5.11 Å². The number of halogens is 3. The molecule has 0 saturated heterocycles. The minimum atomic E-state index is -4.51. The molecule has 0 spiro atoms. The van der Waals surface area contributed by atoms with E-state index in [1.165, 1.54) is 12.1 Å². The van der Waals surface area contributed by atoms with Crippen LogP contribution in [0.25, 0.3) is 0 Å². The number of imidazole rings is 1. The maximum atomic E-state index is 13.7. The molecule has 11 heteroatoms. The lowest BCUT2D eigenvalue weighted by molar-refractivity contribution is -0.138. The number of nitrogens with zero attached hydrogens (tertiary/aromatic N) is 4. The van der Waals surface area contributed by atoms with E-state index in [1.807, 2.05) is 47.0 Å². The number of carbonyl (C=O) groups excluding carboxylic acids is 1. The Bertz CT molecular complexity index is 1560. The van der Waals surface area contributed by atoms with E-state index in [9.17, 15) is 18.0 Å². The SMILES string of the molecule is C[C@@H](CN(Cc1ccccc1C(F)(F)F)C(=S)NCc1ccccc1)NC(=O)Cc1cncn1Cc1ccc(C#N)cc1. The number of hydrogen-bond donors (Lipinski definition) is 2. The zero-order valence-electron chi connectivity index (χ0n) is 23.5. The van der Waals surface area contributed by atoms with Gasteiger partial charge in [0.05, 0.1) is 29.9 Å². The highest BCUT2D eigenvalue weighted by Gasteiger charge is 2.33. The van der Waals surface area contributed by atoms with Crippen LogP contribution >= 0.6 is 12.2 Å². The van der Waals surface area contributed by atoms with Gasteiger partial charge in [-0.15, -0.1) is 0 Å². The van der Waals surface area contributed by atoms with Crippen molar-refractivity contribution in [2.24, 2.45) is 0 Å². The summed E-state index contributed by atoms with van der Waals surface area (Å²) in [6.45, 7) is 2.77. The van der Waals surface area contributed by atoms with Gasteiger partial charge in [-0.3, -0.25) is 4.79 Å². The van der Waals surface area contributed by atoms with E-state index in [0.29, 0.717) is 24.3 Å². The Hall–Kier alpha value is -4.69. The van der Waals surface area contributed by atoms with Gasteiger partial charge in [-0.05, 0) is 54.0 Å². The second kappa shape index (κ2) is 14.5. The first-order valence-electron chi connectivity index (χ1n) is 13.6. The summed E-state index contributed by atoms with van der Waals surface area (Å²) < 4.78 is 43.1. The Labute approximate surface area is 254 Å². The molecule has 0 aliphatic rings. The molecular weight excluding hydrogens is 573 g/mol. The fraction of sp³-hybridized carbons (Fsp3) is 0.250. The van der Waals surface area contributed by atoms with Gasteiger partial charge >= 0.3 is 6.18 Å². The topological polar surface area (TPSA) is 86.0 Å². The summed E-state index contributed by atoms with van der Waals surface area (Å²) in [6, 6.07) is 23.8. The first-order valence-corrected chi connectivity index (χ1v) is 14.0. The number of rotatable bonds is 11. The summed E-state index contributed by atoms with van der Waals surface area (Å²) in [4.78, 5) is 18.8. The molecule has 0 unspecified atom stereocenters. The number of nitrogens with one attached hydrogen (secondary N) is 2. The number of thiocarbonyl (C=S) groups is 1. The molecule has 1 heterocycles. The van der Waals surface area contributed by atoms with E-state index in [0.717, 1.165) is 17.2 Å². The predicted molar refractivity (Wildman–Crippen MR) is 162 cm³/mol. The monoisotopic (exact) mass is 604 g/mol.